The maximum Gasteiger partial charge on any atom is 0.224 e. The first-order valence-corrected chi connectivity index (χ1v) is 10.4. The second-order valence-corrected chi connectivity index (χ2v) is 8.08. The topological polar surface area (TPSA) is 61.4 Å². The number of nitrogens with one attached hydrogen (secondary N) is 2. The molecule has 1 aliphatic rings. The molecule has 3 rings (SSSR count). The van der Waals surface area contributed by atoms with E-state index in [1.54, 1.807) is 0 Å². The Labute approximate surface area is 173 Å². The van der Waals surface area contributed by atoms with Crippen LogP contribution in [0.15, 0.2) is 48.5 Å². The van der Waals surface area contributed by atoms with Crippen LogP contribution in [0.25, 0.3) is 0 Å². The molecule has 0 spiro atoms. The minimum atomic E-state index is -0.104. The Hall–Kier alpha value is -2.66. The van der Waals surface area contributed by atoms with E-state index >= 15 is 0 Å². The summed E-state index contributed by atoms with van der Waals surface area (Å²) in [5.74, 6) is 0.652. The molecule has 2 aromatic carbocycles. The summed E-state index contributed by atoms with van der Waals surface area (Å²) in [7, 11) is 0. The molecule has 2 N–H and O–H groups in total. The molecular formula is C24H31N3O2. The number of carbonyl (C=O) groups is 2. The zero-order chi connectivity index (χ0) is 20.6. The van der Waals surface area contributed by atoms with Crippen LogP contribution in [0.1, 0.15) is 43.4 Å². The number of benzene rings is 2. The highest BCUT2D eigenvalue weighted by atomic mass is 16.2. The maximum absolute atomic E-state index is 12.4. The number of hydrogen-bond acceptors (Lipinski definition) is 3. The minimum Gasteiger partial charge on any atom is -0.352 e. The number of piperidine rings is 1. The lowest BCUT2D eigenvalue weighted by atomic mass is 9.99. The van der Waals surface area contributed by atoms with Gasteiger partial charge >= 0.3 is 0 Å². The molecule has 1 fully saturated rings. The van der Waals surface area contributed by atoms with Crippen LogP contribution in [0.4, 0.5) is 5.69 Å². The van der Waals surface area contributed by atoms with Gasteiger partial charge in [0.05, 0.1) is 6.42 Å². The van der Waals surface area contributed by atoms with Crippen LogP contribution in [0.5, 0.6) is 0 Å². The van der Waals surface area contributed by atoms with Crippen molar-refractivity contribution in [2.75, 3.05) is 18.4 Å². The van der Waals surface area contributed by atoms with Crippen molar-refractivity contribution in [1.82, 2.24) is 10.2 Å². The van der Waals surface area contributed by atoms with E-state index in [0.717, 1.165) is 36.8 Å². The van der Waals surface area contributed by atoms with Crippen molar-refractivity contribution in [3.8, 4) is 0 Å². The highest BCUT2D eigenvalue weighted by Gasteiger charge is 2.17. The molecule has 0 saturated carbocycles. The monoisotopic (exact) mass is 393 g/mol. The molecule has 29 heavy (non-hydrogen) atoms. The van der Waals surface area contributed by atoms with E-state index in [9.17, 15) is 9.59 Å². The van der Waals surface area contributed by atoms with Gasteiger partial charge in [-0.15, -0.1) is 0 Å². The molecule has 0 radical (unpaired) electrons. The lowest BCUT2D eigenvalue weighted by molar-refractivity contribution is -0.120. The number of rotatable bonds is 7. The van der Waals surface area contributed by atoms with Crippen LogP contribution in [0.3, 0.4) is 0 Å². The van der Waals surface area contributed by atoms with E-state index in [0.29, 0.717) is 13.0 Å². The van der Waals surface area contributed by atoms with Gasteiger partial charge in [-0.05, 0) is 54.1 Å². The summed E-state index contributed by atoms with van der Waals surface area (Å²) < 4.78 is 0. The van der Waals surface area contributed by atoms with Gasteiger partial charge in [-0.3, -0.25) is 14.5 Å². The van der Waals surface area contributed by atoms with E-state index in [1.165, 1.54) is 30.9 Å². The standard InChI is InChI=1S/C24H31N3O2/c1-18-6-5-13-27(16-18)17-22-8-4-3-7-21(22)15-25-24(29)14-20-9-11-23(12-10-20)26-19(2)28/h3-4,7-12,18H,5-6,13-17H2,1-2H3,(H,25,29)(H,26,28)/t18-/m1/s1. The number of nitrogens with zero attached hydrogens (tertiary/aromatic N) is 1. The van der Waals surface area contributed by atoms with Crippen molar-refractivity contribution in [3.63, 3.8) is 0 Å². The minimum absolute atomic E-state index is 0.00123. The van der Waals surface area contributed by atoms with Gasteiger partial charge in [0.15, 0.2) is 0 Å². The fourth-order valence-corrected chi connectivity index (χ4v) is 3.91. The van der Waals surface area contributed by atoms with Crippen molar-refractivity contribution in [1.29, 1.82) is 0 Å². The van der Waals surface area contributed by atoms with Crippen molar-refractivity contribution in [2.24, 2.45) is 5.92 Å². The molecule has 1 saturated heterocycles. The van der Waals surface area contributed by atoms with Crippen molar-refractivity contribution >= 4 is 17.5 Å². The third-order valence-corrected chi connectivity index (χ3v) is 5.37. The second kappa shape index (κ2) is 10.2. The molecule has 1 heterocycles. The molecule has 154 valence electrons. The lowest BCUT2D eigenvalue weighted by Gasteiger charge is -2.31. The number of carbonyl (C=O) groups excluding carboxylic acids is 2. The SMILES string of the molecule is CC(=O)Nc1ccc(CC(=O)NCc2ccccc2CN2CCC[C@@H](C)C2)cc1. The molecule has 2 amide bonds. The van der Waals surface area contributed by atoms with Gasteiger partial charge in [0, 0.05) is 32.2 Å². The van der Waals surface area contributed by atoms with Gasteiger partial charge < -0.3 is 10.6 Å². The summed E-state index contributed by atoms with van der Waals surface area (Å²) in [5.41, 5.74) is 4.14. The average molecular weight is 394 g/mol. The molecule has 2 aromatic rings. The molecule has 5 nitrogen and oxygen atoms in total. The molecule has 0 aliphatic carbocycles. The summed E-state index contributed by atoms with van der Waals surface area (Å²) in [5, 5.41) is 5.78. The van der Waals surface area contributed by atoms with Gasteiger partial charge in [-0.2, -0.15) is 0 Å². The molecule has 1 aliphatic heterocycles. The fraction of sp³-hybridized carbons (Fsp3) is 0.417. The Morgan fingerprint density at radius 1 is 1.07 bits per heavy atom. The normalized spacial score (nSPS) is 17.0. The summed E-state index contributed by atoms with van der Waals surface area (Å²) >= 11 is 0. The van der Waals surface area contributed by atoms with E-state index < -0.39 is 0 Å². The number of amides is 2. The van der Waals surface area contributed by atoms with Crippen LogP contribution in [-0.4, -0.2) is 29.8 Å². The number of likely N-dealkylation sites (tertiary alicyclic amines) is 1. The van der Waals surface area contributed by atoms with Gasteiger partial charge in [0.25, 0.3) is 0 Å². The zero-order valence-corrected chi connectivity index (χ0v) is 17.4. The first-order chi connectivity index (χ1) is 14.0. The zero-order valence-electron chi connectivity index (χ0n) is 17.4. The van der Waals surface area contributed by atoms with Gasteiger partial charge in [0.2, 0.25) is 11.8 Å². The Morgan fingerprint density at radius 3 is 2.48 bits per heavy atom. The predicted octanol–water partition coefficient (Wildman–Crippen LogP) is 3.74. The fourth-order valence-electron chi connectivity index (χ4n) is 3.91. The predicted molar refractivity (Wildman–Crippen MR) is 116 cm³/mol. The number of anilines is 1. The summed E-state index contributed by atoms with van der Waals surface area (Å²) in [6.45, 7) is 7.59. The Bertz CT molecular complexity index is 832. The summed E-state index contributed by atoms with van der Waals surface area (Å²) in [6.07, 6.45) is 2.91. The molecule has 0 aromatic heterocycles. The van der Waals surface area contributed by atoms with Crippen LogP contribution in [0.2, 0.25) is 0 Å². The average Bonchev–Trinajstić information content (AvgIpc) is 2.68. The van der Waals surface area contributed by atoms with E-state index in [2.05, 4.69) is 40.7 Å². The van der Waals surface area contributed by atoms with Gasteiger partial charge in [-0.1, -0.05) is 43.3 Å². The Morgan fingerprint density at radius 2 is 1.79 bits per heavy atom. The highest BCUT2D eigenvalue weighted by molar-refractivity contribution is 5.88. The van der Waals surface area contributed by atoms with Crippen molar-refractivity contribution in [2.45, 2.75) is 46.2 Å². The van der Waals surface area contributed by atoms with Crippen LogP contribution in [-0.2, 0) is 29.1 Å². The quantitative estimate of drug-likeness (QED) is 0.753. The molecule has 0 bridgehead atoms. The number of hydrogen-bond donors (Lipinski definition) is 2. The largest absolute Gasteiger partial charge is 0.352 e. The van der Waals surface area contributed by atoms with Crippen LogP contribution < -0.4 is 10.6 Å². The second-order valence-electron chi connectivity index (χ2n) is 8.08. The summed E-state index contributed by atoms with van der Waals surface area (Å²) in [6, 6.07) is 15.8. The first-order valence-electron chi connectivity index (χ1n) is 10.4. The lowest BCUT2D eigenvalue weighted by Crippen LogP contribution is -2.34. The first kappa shape index (κ1) is 21.1. The highest BCUT2D eigenvalue weighted by Crippen LogP contribution is 2.19. The summed E-state index contributed by atoms with van der Waals surface area (Å²) in [4.78, 5) is 26.0. The van der Waals surface area contributed by atoms with Crippen LogP contribution in [0, 0.1) is 5.92 Å². The maximum atomic E-state index is 12.4. The third-order valence-electron chi connectivity index (χ3n) is 5.37. The van der Waals surface area contributed by atoms with Crippen molar-refractivity contribution < 1.29 is 9.59 Å². The van der Waals surface area contributed by atoms with Gasteiger partial charge in [-0.25, -0.2) is 0 Å². The molecular weight excluding hydrogens is 362 g/mol. The third kappa shape index (κ3) is 6.71. The van der Waals surface area contributed by atoms with E-state index in [4.69, 9.17) is 0 Å². The van der Waals surface area contributed by atoms with Crippen LogP contribution >= 0.6 is 0 Å². The van der Waals surface area contributed by atoms with E-state index in [1.807, 2.05) is 30.3 Å². The molecule has 1 atom stereocenters. The molecule has 0 unspecified atom stereocenters. The molecule has 5 heteroatoms. The Kier molecular flexibility index (Phi) is 7.42. The van der Waals surface area contributed by atoms with Crippen molar-refractivity contribution in [3.05, 3.63) is 65.2 Å². The van der Waals surface area contributed by atoms with E-state index in [-0.39, 0.29) is 11.8 Å². The Balaban J connectivity index is 1.53. The smallest absolute Gasteiger partial charge is 0.224 e. The van der Waals surface area contributed by atoms with Gasteiger partial charge in [0.1, 0.15) is 0 Å².